The zero-order valence-electron chi connectivity index (χ0n) is 4.74. The van der Waals surface area contributed by atoms with Crippen LogP contribution >= 0.6 is 11.4 Å². The van der Waals surface area contributed by atoms with Crippen LogP contribution in [0.15, 0.2) is 29.2 Å². The number of thiol groups is 1. The second-order valence-electron chi connectivity index (χ2n) is 1.82. The third kappa shape index (κ3) is 0.754. The molecule has 46 valence electrons. The van der Waals surface area contributed by atoms with Crippen LogP contribution < -0.4 is 4.74 Å². The predicted molar refractivity (Wildman–Crippen MR) is 40.4 cm³/mol. The second kappa shape index (κ2) is 1.88. The lowest BCUT2D eigenvalue weighted by atomic mass is 10.3. The van der Waals surface area contributed by atoms with Crippen molar-refractivity contribution in [3.63, 3.8) is 0 Å². The molecule has 2 rings (SSSR count). The molecule has 0 spiro atoms. The monoisotopic (exact) mass is 138 g/mol. The largest absolute Gasteiger partial charge is 0.458 e. The predicted octanol–water partition coefficient (Wildman–Crippen LogP) is 1.66. The van der Waals surface area contributed by atoms with Gasteiger partial charge < -0.3 is 4.74 Å². The molecular formula is C7H6OS. The van der Waals surface area contributed by atoms with Crippen molar-refractivity contribution in [3.05, 3.63) is 24.3 Å². The summed E-state index contributed by atoms with van der Waals surface area (Å²) in [4.78, 5) is 1.26. The van der Waals surface area contributed by atoms with Gasteiger partial charge in [0.15, 0.2) is 0 Å². The Kier molecular flexibility index (Phi) is 1.06. The number of rotatable bonds is 0. The molecule has 0 aliphatic carbocycles. The van der Waals surface area contributed by atoms with E-state index in [2.05, 4.69) is 6.07 Å². The molecule has 0 fully saturated rings. The van der Waals surface area contributed by atoms with Gasteiger partial charge in [0.25, 0.3) is 0 Å². The molecule has 0 saturated carbocycles. The normalized spacial score (nSPS) is 13.8. The lowest BCUT2D eigenvalue weighted by Gasteiger charge is -1.93. The molecule has 0 N–H and O–H groups in total. The molecule has 1 aliphatic rings. The Bertz CT molecular complexity index is 255. The van der Waals surface area contributed by atoms with Crippen LogP contribution in [-0.2, 0) is 0 Å². The van der Waals surface area contributed by atoms with Gasteiger partial charge in [-0.15, -0.1) is 11.4 Å². The molecule has 0 amide bonds. The quantitative estimate of drug-likeness (QED) is 0.424. The Morgan fingerprint density at radius 1 is 1.22 bits per heavy atom. The van der Waals surface area contributed by atoms with Crippen LogP contribution in [0.2, 0.25) is 0 Å². The van der Waals surface area contributed by atoms with E-state index in [0.29, 0.717) is 0 Å². The molecular weight excluding hydrogens is 132 g/mol. The van der Waals surface area contributed by atoms with E-state index < -0.39 is 0 Å². The van der Waals surface area contributed by atoms with Crippen molar-refractivity contribution >= 4 is 16.9 Å². The third-order valence-corrected chi connectivity index (χ3v) is 2.10. The maximum atomic E-state index is 5.16. The molecule has 1 aromatic carbocycles. The number of para-hydroxylation sites is 1. The number of ether oxygens (including phenoxy) is 1. The second-order valence-corrected chi connectivity index (χ2v) is 2.77. The smallest absolute Gasteiger partial charge is 0.140 e. The maximum Gasteiger partial charge on any atom is 0.140 e. The van der Waals surface area contributed by atoms with Crippen molar-refractivity contribution in [2.45, 2.75) is 4.90 Å². The van der Waals surface area contributed by atoms with Crippen molar-refractivity contribution < 1.29 is 4.74 Å². The van der Waals surface area contributed by atoms with Gasteiger partial charge in [0, 0.05) is 4.90 Å². The molecule has 1 aromatic rings. The van der Waals surface area contributed by atoms with Gasteiger partial charge in [-0.05, 0) is 12.1 Å². The summed E-state index contributed by atoms with van der Waals surface area (Å²) in [7, 11) is 0. The van der Waals surface area contributed by atoms with Gasteiger partial charge in [0.1, 0.15) is 11.3 Å². The van der Waals surface area contributed by atoms with Crippen LogP contribution in [0.4, 0.5) is 0 Å². The van der Waals surface area contributed by atoms with E-state index in [1.54, 1.807) is 5.55 Å². The highest BCUT2D eigenvalue weighted by atomic mass is 32.1. The summed E-state index contributed by atoms with van der Waals surface area (Å²) in [6.07, 6.45) is 0. The number of hydrogen-bond donors (Lipinski definition) is 1. The zero-order chi connectivity index (χ0) is 6.10. The minimum atomic E-state index is 0.999. The van der Waals surface area contributed by atoms with Gasteiger partial charge in [-0.1, -0.05) is 12.1 Å². The van der Waals surface area contributed by atoms with Gasteiger partial charge >= 0.3 is 0 Å². The first-order chi connectivity index (χ1) is 4.47. The minimum absolute atomic E-state index is 0.999. The summed E-state index contributed by atoms with van der Waals surface area (Å²) in [6.45, 7) is 0. The van der Waals surface area contributed by atoms with Crippen molar-refractivity contribution in [2.75, 3.05) is 0 Å². The maximum absolute atomic E-state index is 5.16. The summed E-state index contributed by atoms with van der Waals surface area (Å²) in [5.41, 5.74) is 1.80. The molecule has 0 unspecified atom stereocenters. The van der Waals surface area contributed by atoms with Crippen LogP contribution in [0.3, 0.4) is 0 Å². The minimum Gasteiger partial charge on any atom is -0.458 e. The fraction of sp³-hybridized carbons (Fsp3) is 0. The van der Waals surface area contributed by atoms with Gasteiger partial charge in [-0.25, -0.2) is 0 Å². The van der Waals surface area contributed by atoms with Crippen LogP contribution in [-0.4, -0.2) is 5.55 Å². The lowest BCUT2D eigenvalue weighted by Crippen LogP contribution is -1.79. The molecule has 0 bridgehead atoms. The SMILES string of the molecule is C1=[SH]c2ccccc2O1. The summed E-state index contributed by atoms with van der Waals surface area (Å²) in [5.74, 6) is 0.999. The number of benzene rings is 1. The fourth-order valence-electron chi connectivity index (χ4n) is 0.803. The summed E-state index contributed by atoms with van der Waals surface area (Å²) in [5, 5.41) is 0. The molecule has 2 heteroatoms. The standard InChI is InChI=1S/C7H6OS/c1-2-4-7-6(3-1)8-5-9-7/h1-5,9H. The fourth-order valence-corrected chi connectivity index (χ4v) is 1.51. The molecule has 1 nitrogen and oxygen atoms in total. The van der Waals surface area contributed by atoms with Crippen molar-refractivity contribution in [1.82, 2.24) is 0 Å². The Hall–Kier alpha value is -0.760. The molecule has 0 atom stereocenters. The van der Waals surface area contributed by atoms with Crippen molar-refractivity contribution in [2.24, 2.45) is 0 Å². The summed E-state index contributed by atoms with van der Waals surface area (Å²) in [6, 6.07) is 8.05. The van der Waals surface area contributed by atoms with E-state index in [1.807, 2.05) is 18.2 Å². The zero-order valence-corrected chi connectivity index (χ0v) is 5.64. The number of fused-ring (bicyclic) bond motifs is 1. The molecule has 9 heavy (non-hydrogen) atoms. The molecule has 1 aliphatic heterocycles. The lowest BCUT2D eigenvalue weighted by molar-refractivity contribution is 0.578. The van der Waals surface area contributed by atoms with Crippen LogP contribution in [0.5, 0.6) is 5.75 Å². The Morgan fingerprint density at radius 2 is 2.11 bits per heavy atom. The third-order valence-electron chi connectivity index (χ3n) is 1.24. The molecule has 1 heterocycles. The Balaban J connectivity index is 2.63. The highest BCUT2D eigenvalue weighted by molar-refractivity contribution is 7.97. The van der Waals surface area contributed by atoms with Crippen LogP contribution in [0.1, 0.15) is 0 Å². The van der Waals surface area contributed by atoms with E-state index in [4.69, 9.17) is 4.74 Å². The van der Waals surface area contributed by atoms with Gasteiger partial charge in [0.2, 0.25) is 0 Å². The number of hydrogen-bond acceptors (Lipinski definition) is 1. The Labute approximate surface area is 57.2 Å². The first-order valence-corrected chi connectivity index (χ1v) is 3.71. The van der Waals surface area contributed by atoms with Crippen LogP contribution in [0, 0.1) is 0 Å². The van der Waals surface area contributed by atoms with Crippen molar-refractivity contribution in [1.29, 1.82) is 0 Å². The van der Waals surface area contributed by atoms with Gasteiger partial charge in [-0.2, -0.15) is 0 Å². The molecule has 0 aromatic heterocycles. The topological polar surface area (TPSA) is 9.23 Å². The molecule has 0 saturated heterocycles. The van der Waals surface area contributed by atoms with Gasteiger partial charge in [-0.3, -0.25) is 0 Å². The first-order valence-electron chi connectivity index (χ1n) is 2.75. The average Bonchev–Trinajstić information content (AvgIpc) is 2.33. The first kappa shape index (κ1) is 5.06. The highest BCUT2D eigenvalue weighted by Gasteiger charge is 2.01. The van der Waals surface area contributed by atoms with Gasteiger partial charge in [0.05, 0.1) is 0 Å². The summed E-state index contributed by atoms with van der Waals surface area (Å²) >= 11 is 1.18. The van der Waals surface area contributed by atoms with Crippen LogP contribution in [0.25, 0.3) is 0 Å². The molecule has 0 radical (unpaired) electrons. The average molecular weight is 138 g/mol. The Morgan fingerprint density at radius 3 is 3.00 bits per heavy atom. The highest BCUT2D eigenvalue weighted by Crippen LogP contribution is 2.27. The van der Waals surface area contributed by atoms with E-state index >= 15 is 0 Å². The van der Waals surface area contributed by atoms with Crippen molar-refractivity contribution in [3.8, 4) is 5.75 Å². The summed E-state index contributed by atoms with van der Waals surface area (Å²) < 4.78 is 5.16. The van der Waals surface area contributed by atoms with E-state index in [-0.39, 0.29) is 0 Å². The van der Waals surface area contributed by atoms with E-state index in [9.17, 15) is 0 Å². The van der Waals surface area contributed by atoms with E-state index in [1.165, 1.54) is 16.2 Å². The van der Waals surface area contributed by atoms with E-state index in [0.717, 1.165) is 5.75 Å².